The zero-order valence-corrected chi connectivity index (χ0v) is 13.3. The second-order valence-corrected chi connectivity index (χ2v) is 5.86. The molecule has 1 aliphatic carbocycles. The fourth-order valence-electron chi connectivity index (χ4n) is 2.82. The van der Waals surface area contributed by atoms with Crippen molar-refractivity contribution in [3.63, 3.8) is 0 Å². The van der Waals surface area contributed by atoms with Crippen LogP contribution in [-0.4, -0.2) is 25.0 Å². The Morgan fingerprint density at radius 2 is 1.73 bits per heavy atom. The highest BCUT2D eigenvalue weighted by molar-refractivity contribution is 5.94. The van der Waals surface area contributed by atoms with Crippen molar-refractivity contribution in [3.05, 3.63) is 29.8 Å². The Hall–Kier alpha value is -1.84. The topological polar surface area (TPSA) is 52.6 Å². The molecule has 0 atom stereocenters. The van der Waals surface area contributed by atoms with E-state index < -0.39 is 0 Å². The van der Waals surface area contributed by atoms with Gasteiger partial charge in [0, 0.05) is 5.56 Å². The maximum atomic E-state index is 11.7. The average molecular weight is 304 g/mol. The minimum atomic E-state index is -0.0540. The zero-order chi connectivity index (χ0) is 15.9. The summed E-state index contributed by atoms with van der Waals surface area (Å²) in [5.41, 5.74) is 0.697. The largest absolute Gasteiger partial charge is 0.493 e. The number of hydrogen-bond donors (Lipinski definition) is 0. The van der Waals surface area contributed by atoms with Gasteiger partial charge in [0.2, 0.25) is 0 Å². The predicted molar refractivity (Wildman–Crippen MR) is 84.0 cm³/mol. The lowest BCUT2D eigenvalue weighted by Gasteiger charge is -2.27. The molecule has 0 unspecified atom stereocenters. The summed E-state index contributed by atoms with van der Waals surface area (Å²) in [5, 5.41) is 0. The van der Waals surface area contributed by atoms with Crippen LogP contribution in [0.4, 0.5) is 0 Å². The van der Waals surface area contributed by atoms with Crippen LogP contribution >= 0.6 is 0 Å². The quantitative estimate of drug-likeness (QED) is 0.595. The molecule has 1 saturated carbocycles. The van der Waals surface area contributed by atoms with Crippen LogP contribution in [0.3, 0.4) is 0 Å². The van der Waals surface area contributed by atoms with E-state index in [1.165, 1.54) is 0 Å². The standard InChI is InChI=1S/C18H24O4/c1-3-21-18(20)16-6-4-14(5-7-16)12-22-17-10-8-15(9-11-17)13(2)19/h8-11,14,16H,3-7,12H2,1-2H3/t14-,16+. The van der Waals surface area contributed by atoms with Crippen LogP contribution in [0.15, 0.2) is 24.3 Å². The molecule has 1 fully saturated rings. The maximum Gasteiger partial charge on any atom is 0.308 e. The molecule has 0 N–H and O–H groups in total. The van der Waals surface area contributed by atoms with Crippen molar-refractivity contribution in [2.24, 2.45) is 11.8 Å². The van der Waals surface area contributed by atoms with E-state index in [1.807, 2.05) is 19.1 Å². The number of ketones is 1. The summed E-state index contributed by atoms with van der Waals surface area (Å²) >= 11 is 0. The number of carbonyl (C=O) groups is 2. The first-order valence-electron chi connectivity index (χ1n) is 8.00. The number of benzene rings is 1. The van der Waals surface area contributed by atoms with Crippen LogP contribution in [-0.2, 0) is 9.53 Å². The number of Topliss-reactive ketones (excluding diaryl/α,β-unsaturated/α-hetero) is 1. The lowest BCUT2D eigenvalue weighted by molar-refractivity contribution is -0.149. The summed E-state index contributed by atoms with van der Waals surface area (Å²) < 4.78 is 10.9. The number of esters is 1. The molecule has 4 nitrogen and oxygen atoms in total. The van der Waals surface area contributed by atoms with Crippen molar-refractivity contribution in [2.45, 2.75) is 39.5 Å². The zero-order valence-electron chi connectivity index (χ0n) is 13.3. The van der Waals surface area contributed by atoms with Gasteiger partial charge in [-0.2, -0.15) is 0 Å². The first-order valence-corrected chi connectivity index (χ1v) is 8.00. The van der Waals surface area contributed by atoms with Gasteiger partial charge < -0.3 is 9.47 Å². The van der Waals surface area contributed by atoms with Crippen molar-refractivity contribution in [3.8, 4) is 5.75 Å². The summed E-state index contributed by atoms with van der Waals surface area (Å²) in [6, 6.07) is 7.24. The van der Waals surface area contributed by atoms with Gasteiger partial charge >= 0.3 is 5.97 Å². The highest BCUT2D eigenvalue weighted by Crippen LogP contribution is 2.30. The molecule has 0 bridgehead atoms. The third-order valence-corrected chi connectivity index (χ3v) is 4.21. The van der Waals surface area contributed by atoms with E-state index in [-0.39, 0.29) is 17.7 Å². The predicted octanol–water partition coefficient (Wildman–Crippen LogP) is 3.64. The van der Waals surface area contributed by atoms with Gasteiger partial charge in [-0.05, 0) is 69.7 Å². The highest BCUT2D eigenvalue weighted by atomic mass is 16.5. The summed E-state index contributed by atoms with van der Waals surface area (Å²) in [6.45, 7) is 4.51. The van der Waals surface area contributed by atoms with Crippen LogP contribution in [0.5, 0.6) is 5.75 Å². The van der Waals surface area contributed by atoms with Gasteiger partial charge in [0.05, 0.1) is 19.1 Å². The Morgan fingerprint density at radius 3 is 2.27 bits per heavy atom. The fraction of sp³-hybridized carbons (Fsp3) is 0.556. The summed E-state index contributed by atoms with van der Waals surface area (Å²) in [6.07, 6.45) is 3.76. The third-order valence-electron chi connectivity index (χ3n) is 4.21. The molecule has 2 rings (SSSR count). The SMILES string of the molecule is CCOC(=O)[C@H]1CC[C@@H](COc2ccc(C(C)=O)cc2)CC1. The molecular formula is C18H24O4. The molecule has 22 heavy (non-hydrogen) atoms. The van der Waals surface area contributed by atoms with Crippen molar-refractivity contribution in [2.75, 3.05) is 13.2 Å². The Morgan fingerprint density at radius 1 is 1.09 bits per heavy atom. The number of carbonyl (C=O) groups excluding carboxylic acids is 2. The van der Waals surface area contributed by atoms with E-state index >= 15 is 0 Å². The second-order valence-electron chi connectivity index (χ2n) is 5.86. The van der Waals surface area contributed by atoms with Gasteiger partial charge in [-0.25, -0.2) is 0 Å². The minimum absolute atomic E-state index is 0.0540. The maximum absolute atomic E-state index is 11.7. The number of ether oxygens (including phenoxy) is 2. The Bertz CT molecular complexity index is 498. The molecule has 0 radical (unpaired) electrons. The Kier molecular flexibility index (Phi) is 5.99. The lowest BCUT2D eigenvalue weighted by atomic mass is 9.82. The summed E-state index contributed by atoms with van der Waals surface area (Å²) in [5.74, 6) is 1.34. The molecule has 0 heterocycles. The van der Waals surface area contributed by atoms with Gasteiger partial charge in [0.1, 0.15) is 5.75 Å². The van der Waals surface area contributed by atoms with Gasteiger partial charge in [0.25, 0.3) is 0 Å². The van der Waals surface area contributed by atoms with E-state index in [9.17, 15) is 9.59 Å². The molecule has 120 valence electrons. The van der Waals surface area contributed by atoms with Crippen molar-refractivity contribution >= 4 is 11.8 Å². The molecule has 1 aromatic carbocycles. The van der Waals surface area contributed by atoms with Gasteiger partial charge in [-0.3, -0.25) is 9.59 Å². The van der Waals surface area contributed by atoms with Crippen LogP contribution in [0.2, 0.25) is 0 Å². The molecule has 1 aliphatic rings. The van der Waals surface area contributed by atoms with E-state index in [0.29, 0.717) is 24.7 Å². The smallest absolute Gasteiger partial charge is 0.308 e. The van der Waals surface area contributed by atoms with Crippen LogP contribution < -0.4 is 4.74 Å². The van der Waals surface area contributed by atoms with E-state index in [2.05, 4.69) is 0 Å². The molecular weight excluding hydrogens is 280 g/mol. The van der Waals surface area contributed by atoms with Crippen LogP contribution in [0.1, 0.15) is 49.9 Å². The van der Waals surface area contributed by atoms with Crippen molar-refractivity contribution < 1.29 is 19.1 Å². The van der Waals surface area contributed by atoms with Crippen molar-refractivity contribution in [1.82, 2.24) is 0 Å². The molecule has 0 spiro atoms. The summed E-state index contributed by atoms with van der Waals surface area (Å²) in [4.78, 5) is 22.9. The van der Waals surface area contributed by atoms with Crippen LogP contribution in [0.25, 0.3) is 0 Å². The van der Waals surface area contributed by atoms with Crippen molar-refractivity contribution in [1.29, 1.82) is 0 Å². The first-order chi connectivity index (χ1) is 10.6. The van der Waals surface area contributed by atoms with Gasteiger partial charge in [-0.1, -0.05) is 0 Å². The van der Waals surface area contributed by atoms with E-state index in [0.717, 1.165) is 31.4 Å². The molecule has 4 heteroatoms. The number of rotatable bonds is 6. The fourth-order valence-corrected chi connectivity index (χ4v) is 2.82. The Labute approximate surface area is 131 Å². The highest BCUT2D eigenvalue weighted by Gasteiger charge is 2.27. The monoisotopic (exact) mass is 304 g/mol. The van der Waals surface area contributed by atoms with Crippen LogP contribution in [0, 0.1) is 11.8 Å². The molecule has 0 amide bonds. The second kappa shape index (κ2) is 7.97. The first kappa shape index (κ1) is 16.5. The average Bonchev–Trinajstić information content (AvgIpc) is 2.54. The molecule has 0 aromatic heterocycles. The summed E-state index contributed by atoms with van der Waals surface area (Å²) in [7, 11) is 0. The number of hydrogen-bond acceptors (Lipinski definition) is 4. The van der Waals surface area contributed by atoms with Gasteiger partial charge in [0.15, 0.2) is 5.78 Å². The van der Waals surface area contributed by atoms with E-state index in [1.54, 1.807) is 19.1 Å². The third kappa shape index (κ3) is 4.58. The molecule has 0 saturated heterocycles. The normalized spacial score (nSPS) is 21.2. The van der Waals surface area contributed by atoms with E-state index in [4.69, 9.17) is 9.47 Å². The molecule has 0 aliphatic heterocycles. The minimum Gasteiger partial charge on any atom is -0.493 e. The Balaban J connectivity index is 1.74. The molecule has 1 aromatic rings. The lowest BCUT2D eigenvalue weighted by Crippen LogP contribution is -2.26. The van der Waals surface area contributed by atoms with Gasteiger partial charge in [-0.15, -0.1) is 0 Å².